The molecule has 3 N–H and O–H groups in total. The SMILES string of the molecule is NNC(c1ccc(F)c(F)c1)c1cc(F)ccc1Br. The van der Waals surface area contributed by atoms with Crippen LogP contribution in [0.3, 0.4) is 0 Å². The summed E-state index contributed by atoms with van der Waals surface area (Å²) in [5, 5.41) is 0. The van der Waals surface area contributed by atoms with Crippen LogP contribution in [0, 0.1) is 17.5 Å². The molecule has 0 spiro atoms. The van der Waals surface area contributed by atoms with Gasteiger partial charge in [-0.15, -0.1) is 0 Å². The number of hydrogen-bond donors (Lipinski definition) is 2. The number of nitrogens with two attached hydrogens (primary N) is 1. The third-order valence-corrected chi connectivity index (χ3v) is 3.43. The lowest BCUT2D eigenvalue weighted by Gasteiger charge is -2.18. The Labute approximate surface area is 116 Å². The summed E-state index contributed by atoms with van der Waals surface area (Å²) in [6.07, 6.45) is 0. The van der Waals surface area contributed by atoms with E-state index in [2.05, 4.69) is 21.4 Å². The fraction of sp³-hybridized carbons (Fsp3) is 0.0769. The highest BCUT2D eigenvalue weighted by Gasteiger charge is 2.17. The summed E-state index contributed by atoms with van der Waals surface area (Å²) in [6, 6.07) is 6.84. The van der Waals surface area contributed by atoms with Crippen molar-refractivity contribution in [3.05, 3.63) is 69.4 Å². The summed E-state index contributed by atoms with van der Waals surface area (Å²) in [7, 11) is 0. The molecule has 1 atom stereocenters. The molecule has 0 aliphatic carbocycles. The fourth-order valence-electron chi connectivity index (χ4n) is 1.79. The summed E-state index contributed by atoms with van der Waals surface area (Å²) >= 11 is 3.27. The van der Waals surface area contributed by atoms with Gasteiger partial charge in [0.05, 0.1) is 6.04 Å². The zero-order valence-electron chi connectivity index (χ0n) is 9.63. The van der Waals surface area contributed by atoms with Crippen LogP contribution in [0.1, 0.15) is 17.2 Å². The van der Waals surface area contributed by atoms with Gasteiger partial charge in [0.2, 0.25) is 0 Å². The zero-order valence-corrected chi connectivity index (χ0v) is 11.2. The molecule has 100 valence electrons. The minimum absolute atomic E-state index is 0.396. The molecule has 0 bridgehead atoms. The van der Waals surface area contributed by atoms with Crippen molar-refractivity contribution in [1.29, 1.82) is 0 Å². The summed E-state index contributed by atoms with van der Waals surface area (Å²) in [5.74, 6) is 3.06. The molecule has 6 heteroatoms. The molecular weight excluding hydrogens is 321 g/mol. The van der Waals surface area contributed by atoms with Crippen LogP contribution in [-0.4, -0.2) is 0 Å². The molecule has 2 rings (SSSR count). The molecule has 19 heavy (non-hydrogen) atoms. The van der Waals surface area contributed by atoms with Gasteiger partial charge in [-0.25, -0.2) is 18.6 Å². The molecule has 2 nitrogen and oxygen atoms in total. The maximum atomic E-state index is 13.3. The quantitative estimate of drug-likeness (QED) is 0.668. The third-order valence-electron chi connectivity index (χ3n) is 2.71. The van der Waals surface area contributed by atoms with Crippen molar-refractivity contribution in [2.75, 3.05) is 0 Å². The number of hydrazine groups is 1. The number of hydrogen-bond acceptors (Lipinski definition) is 2. The predicted octanol–water partition coefficient (Wildman–Crippen LogP) is 3.42. The summed E-state index contributed by atoms with van der Waals surface area (Å²) < 4.78 is 40.1. The Hall–Kier alpha value is -1.37. The van der Waals surface area contributed by atoms with Gasteiger partial charge in [-0.05, 0) is 41.5 Å². The van der Waals surface area contributed by atoms with E-state index in [1.54, 1.807) is 0 Å². The minimum atomic E-state index is -0.981. The van der Waals surface area contributed by atoms with Gasteiger partial charge in [0.1, 0.15) is 5.82 Å². The Morgan fingerprint density at radius 1 is 1.00 bits per heavy atom. The molecule has 0 saturated heterocycles. The second-order valence-corrected chi connectivity index (χ2v) is 4.79. The van der Waals surface area contributed by atoms with Crippen LogP contribution in [0.4, 0.5) is 13.2 Å². The van der Waals surface area contributed by atoms with Crippen LogP contribution in [0.5, 0.6) is 0 Å². The van der Waals surface area contributed by atoms with Crippen LogP contribution in [-0.2, 0) is 0 Å². The van der Waals surface area contributed by atoms with Crippen LogP contribution >= 0.6 is 15.9 Å². The van der Waals surface area contributed by atoms with Gasteiger partial charge in [-0.1, -0.05) is 22.0 Å². The van der Waals surface area contributed by atoms with Gasteiger partial charge in [0, 0.05) is 4.47 Å². The van der Waals surface area contributed by atoms with Crippen molar-refractivity contribution in [2.24, 2.45) is 5.84 Å². The molecule has 0 aromatic heterocycles. The molecule has 0 fully saturated rings. The minimum Gasteiger partial charge on any atom is -0.271 e. The first-order chi connectivity index (χ1) is 9.02. The average molecular weight is 331 g/mol. The van der Waals surface area contributed by atoms with Crippen molar-refractivity contribution in [1.82, 2.24) is 5.43 Å². The second kappa shape index (κ2) is 5.73. The van der Waals surface area contributed by atoms with Crippen LogP contribution < -0.4 is 11.3 Å². The van der Waals surface area contributed by atoms with E-state index in [0.29, 0.717) is 15.6 Å². The third kappa shape index (κ3) is 2.97. The molecule has 0 aliphatic heterocycles. The molecule has 0 radical (unpaired) electrons. The van der Waals surface area contributed by atoms with Crippen LogP contribution in [0.15, 0.2) is 40.9 Å². The van der Waals surface area contributed by atoms with Gasteiger partial charge in [0.25, 0.3) is 0 Å². The van der Waals surface area contributed by atoms with Crippen LogP contribution in [0.2, 0.25) is 0 Å². The van der Waals surface area contributed by atoms with Crippen molar-refractivity contribution in [2.45, 2.75) is 6.04 Å². The van der Waals surface area contributed by atoms with Crippen molar-refractivity contribution in [3.63, 3.8) is 0 Å². The standard InChI is InChI=1S/C13H10BrF3N2/c14-10-3-2-8(15)6-9(10)13(19-18)7-1-4-11(16)12(17)5-7/h1-6,13,19H,18H2. The van der Waals surface area contributed by atoms with Crippen molar-refractivity contribution < 1.29 is 13.2 Å². The van der Waals surface area contributed by atoms with Gasteiger partial charge < -0.3 is 0 Å². The number of halogens is 4. The highest BCUT2D eigenvalue weighted by Crippen LogP contribution is 2.29. The second-order valence-electron chi connectivity index (χ2n) is 3.94. The maximum Gasteiger partial charge on any atom is 0.159 e. The van der Waals surface area contributed by atoms with Crippen molar-refractivity contribution >= 4 is 15.9 Å². The number of rotatable bonds is 3. The number of nitrogens with one attached hydrogen (secondary N) is 1. The van der Waals surface area contributed by atoms with E-state index in [-0.39, 0.29) is 0 Å². The summed E-state index contributed by atoms with van der Waals surface area (Å²) in [5.41, 5.74) is 3.35. The molecule has 2 aromatic carbocycles. The largest absolute Gasteiger partial charge is 0.271 e. The molecule has 1 unspecified atom stereocenters. The Bertz CT molecular complexity index is 604. The smallest absolute Gasteiger partial charge is 0.159 e. The first-order valence-corrected chi connectivity index (χ1v) is 6.18. The first-order valence-electron chi connectivity index (χ1n) is 5.39. The molecule has 0 saturated carbocycles. The maximum absolute atomic E-state index is 13.3. The molecule has 0 aliphatic rings. The lowest BCUT2D eigenvalue weighted by atomic mass is 9.99. The Morgan fingerprint density at radius 2 is 1.74 bits per heavy atom. The van der Waals surface area contributed by atoms with E-state index in [1.807, 2.05) is 0 Å². The van der Waals surface area contributed by atoms with Crippen molar-refractivity contribution in [3.8, 4) is 0 Å². The Morgan fingerprint density at radius 3 is 2.37 bits per heavy atom. The van der Waals surface area contributed by atoms with E-state index in [1.165, 1.54) is 24.3 Å². The average Bonchev–Trinajstić information content (AvgIpc) is 2.38. The first kappa shape index (κ1) is 14.0. The number of benzene rings is 2. The van der Waals surface area contributed by atoms with Gasteiger partial charge in [-0.3, -0.25) is 5.84 Å². The molecule has 0 amide bonds. The zero-order chi connectivity index (χ0) is 14.0. The van der Waals surface area contributed by atoms with Gasteiger partial charge in [0.15, 0.2) is 11.6 Å². The van der Waals surface area contributed by atoms with Gasteiger partial charge in [-0.2, -0.15) is 0 Å². The molecular formula is C13H10BrF3N2. The summed E-state index contributed by atoms with van der Waals surface area (Å²) in [6.45, 7) is 0. The van der Waals surface area contributed by atoms with E-state index in [0.717, 1.165) is 12.1 Å². The van der Waals surface area contributed by atoms with E-state index < -0.39 is 23.5 Å². The molecule has 2 aromatic rings. The van der Waals surface area contributed by atoms with Crippen LogP contribution in [0.25, 0.3) is 0 Å². The van der Waals surface area contributed by atoms with E-state index in [4.69, 9.17) is 5.84 Å². The topological polar surface area (TPSA) is 38.0 Å². The van der Waals surface area contributed by atoms with Gasteiger partial charge >= 0.3 is 0 Å². The predicted molar refractivity (Wildman–Crippen MR) is 69.6 cm³/mol. The van der Waals surface area contributed by atoms with E-state index >= 15 is 0 Å². The Kier molecular flexibility index (Phi) is 4.24. The monoisotopic (exact) mass is 330 g/mol. The Balaban J connectivity index is 2.49. The normalized spacial score (nSPS) is 12.5. The molecule has 0 heterocycles. The van der Waals surface area contributed by atoms with E-state index in [9.17, 15) is 13.2 Å². The lowest BCUT2D eigenvalue weighted by Crippen LogP contribution is -2.29. The summed E-state index contributed by atoms with van der Waals surface area (Å²) in [4.78, 5) is 0. The highest BCUT2D eigenvalue weighted by atomic mass is 79.9. The highest BCUT2D eigenvalue weighted by molar-refractivity contribution is 9.10. The lowest BCUT2D eigenvalue weighted by molar-refractivity contribution is 0.503. The fourth-order valence-corrected chi connectivity index (χ4v) is 2.27.